The van der Waals surface area contributed by atoms with E-state index in [1.165, 1.54) is 5.56 Å². The lowest BCUT2D eigenvalue weighted by molar-refractivity contribution is 0.207. The number of nitrogens with two attached hydrogens (primary N) is 1. The summed E-state index contributed by atoms with van der Waals surface area (Å²) < 4.78 is 7.46. The predicted molar refractivity (Wildman–Crippen MR) is 74.4 cm³/mol. The molecule has 0 spiro atoms. The van der Waals surface area contributed by atoms with E-state index in [1.807, 2.05) is 25.1 Å². The minimum Gasteiger partial charge on any atom is -0.488 e. The van der Waals surface area contributed by atoms with Crippen molar-refractivity contribution >= 4 is 5.69 Å². The SMILES string of the molecule is Cc1cc(=O)n(CC2Cc3ccccc3O2)cc1N. The first-order valence-electron chi connectivity index (χ1n) is 6.34. The number of ether oxygens (including phenoxy) is 1. The molecule has 0 saturated carbocycles. The topological polar surface area (TPSA) is 57.2 Å². The summed E-state index contributed by atoms with van der Waals surface area (Å²) in [6, 6.07) is 9.54. The monoisotopic (exact) mass is 256 g/mol. The maximum Gasteiger partial charge on any atom is 0.251 e. The Balaban J connectivity index is 1.81. The number of benzene rings is 1. The highest BCUT2D eigenvalue weighted by atomic mass is 16.5. The minimum absolute atomic E-state index is 0.00259. The molecule has 2 N–H and O–H groups in total. The summed E-state index contributed by atoms with van der Waals surface area (Å²) in [6.45, 7) is 2.36. The van der Waals surface area contributed by atoms with Gasteiger partial charge in [-0.05, 0) is 24.1 Å². The van der Waals surface area contributed by atoms with Crippen molar-refractivity contribution in [1.29, 1.82) is 0 Å². The van der Waals surface area contributed by atoms with Gasteiger partial charge in [-0.3, -0.25) is 4.79 Å². The lowest BCUT2D eigenvalue weighted by Gasteiger charge is -2.13. The largest absolute Gasteiger partial charge is 0.488 e. The predicted octanol–water partition coefficient (Wildman–Crippen LogP) is 1.74. The quantitative estimate of drug-likeness (QED) is 0.890. The van der Waals surface area contributed by atoms with Gasteiger partial charge in [0.1, 0.15) is 11.9 Å². The van der Waals surface area contributed by atoms with Crippen LogP contribution in [-0.2, 0) is 13.0 Å². The van der Waals surface area contributed by atoms with Crippen LogP contribution in [0.15, 0.2) is 41.3 Å². The summed E-state index contributed by atoms with van der Waals surface area (Å²) in [7, 11) is 0. The van der Waals surface area contributed by atoms with E-state index in [4.69, 9.17) is 10.5 Å². The van der Waals surface area contributed by atoms with Gasteiger partial charge in [0.15, 0.2) is 0 Å². The third-order valence-corrected chi connectivity index (χ3v) is 3.49. The van der Waals surface area contributed by atoms with Crippen LogP contribution in [0, 0.1) is 6.92 Å². The van der Waals surface area contributed by atoms with E-state index in [0.717, 1.165) is 17.7 Å². The normalized spacial score (nSPS) is 17.0. The van der Waals surface area contributed by atoms with Gasteiger partial charge in [-0.25, -0.2) is 0 Å². The molecule has 1 atom stereocenters. The summed E-state index contributed by atoms with van der Waals surface area (Å²) in [5, 5.41) is 0. The van der Waals surface area contributed by atoms with Crippen molar-refractivity contribution in [1.82, 2.24) is 4.57 Å². The molecule has 2 heterocycles. The highest BCUT2D eigenvalue weighted by Gasteiger charge is 2.22. The molecular formula is C15H16N2O2. The Hall–Kier alpha value is -2.23. The highest BCUT2D eigenvalue weighted by Crippen LogP contribution is 2.28. The van der Waals surface area contributed by atoms with Crippen LogP contribution in [0.1, 0.15) is 11.1 Å². The molecule has 98 valence electrons. The molecular weight excluding hydrogens is 240 g/mol. The molecule has 1 aliphatic heterocycles. The summed E-state index contributed by atoms with van der Waals surface area (Å²) in [4.78, 5) is 11.9. The Labute approximate surface area is 111 Å². The second kappa shape index (κ2) is 4.46. The average molecular weight is 256 g/mol. The van der Waals surface area contributed by atoms with Crippen LogP contribution in [0.5, 0.6) is 5.75 Å². The van der Waals surface area contributed by atoms with Crippen molar-refractivity contribution < 1.29 is 4.74 Å². The minimum atomic E-state index is -0.0359. The number of para-hydroxylation sites is 1. The molecule has 3 rings (SSSR count). The molecule has 0 radical (unpaired) electrons. The fourth-order valence-corrected chi connectivity index (χ4v) is 2.40. The smallest absolute Gasteiger partial charge is 0.251 e. The summed E-state index contributed by atoms with van der Waals surface area (Å²) >= 11 is 0. The second-order valence-corrected chi connectivity index (χ2v) is 4.95. The lowest BCUT2D eigenvalue weighted by atomic mass is 10.1. The number of nitrogen functional groups attached to an aromatic ring is 1. The third kappa shape index (κ3) is 2.21. The van der Waals surface area contributed by atoms with Crippen molar-refractivity contribution in [2.24, 2.45) is 0 Å². The Bertz CT molecular complexity index is 651. The van der Waals surface area contributed by atoms with E-state index in [1.54, 1.807) is 16.8 Å². The van der Waals surface area contributed by atoms with Crippen molar-refractivity contribution in [2.45, 2.75) is 26.0 Å². The first-order chi connectivity index (χ1) is 9.13. The van der Waals surface area contributed by atoms with Gasteiger partial charge in [-0.2, -0.15) is 0 Å². The van der Waals surface area contributed by atoms with E-state index < -0.39 is 0 Å². The van der Waals surface area contributed by atoms with E-state index in [-0.39, 0.29) is 11.7 Å². The first-order valence-corrected chi connectivity index (χ1v) is 6.34. The molecule has 1 unspecified atom stereocenters. The van der Waals surface area contributed by atoms with Gasteiger partial charge in [0.05, 0.1) is 12.2 Å². The number of hydrogen-bond acceptors (Lipinski definition) is 3. The maximum atomic E-state index is 11.9. The van der Waals surface area contributed by atoms with E-state index in [9.17, 15) is 4.79 Å². The number of anilines is 1. The molecule has 0 aliphatic carbocycles. The summed E-state index contributed by atoms with van der Waals surface area (Å²) in [5.41, 5.74) is 8.46. The molecule has 4 nitrogen and oxygen atoms in total. The van der Waals surface area contributed by atoms with Gasteiger partial charge in [0, 0.05) is 18.7 Å². The molecule has 0 fully saturated rings. The Morgan fingerprint density at radius 3 is 3.00 bits per heavy atom. The van der Waals surface area contributed by atoms with Crippen molar-refractivity contribution in [2.75, 3.05) is 5.73 Å². The summed E-state index contributed by atoms with van der Waals surface area (Å²) in [5.74, 6) is 0.917. The zero-order valence-electron chi connectivity index (χ0n) is 10.8. The molecule has 1 aliphatic rings. The van der Waals surface area contributed by atoms with Crippen molar-refractivity contribution in [3.63, 3.8) is 0 Å². The zero-order valence-corrected chi connectivity index (χ0v) is 10.8. The molecule has 2 aromatic rings. The van der Waals surface area contributed by atoms with E-state index >= 15 is 0 Å². The van der Waals surface area contributed by atoms with Gasteiger partial charge < -0.3 is 15.0 Å². The number of pyridine rings is 1. The van der Waals surface area contributed by atoms with Crippen LogP contribution >= 0.6 is 0 Å². The van der Waals surface area contributed by atoms with Gasteiger partial charge in [-0.1, -0.05) is 18.2 Å². The number of aryl methyl sites for hydroxylation is 1. The molecule has 19 heavy (non-hydrogen) atoms. The molecule has 1 aromatic carbocycles. The van der Waals surface area contributed by atoms with E-state index in [2.05, 4.69) is 6.07 Å². The average Bonchev–Trinajstić information content (AvgIpc) is 2.78. The fourth-order valence-electron chi connectivity index (χ4n) is 2.40. The van der Waals surface area contributed by atoms with Crippen LogP contribution in [0.25, 0.3) is 0 Å². The van der Waals surface area contributed by atoms with Gasteiger partial charge >= 0.3 is 0 Å². The number of aromatic nitrogens is 1. The highest BCUT2D eigenvalue weighted by molar-refractivity contribution is 5.43. The van der Waals surface area contributed by atoms with Gasteiger partial charge in [0.2, 0.25) is 0 Å². The summed E-state index contributed by atoms with van der Waals surface area (Å²) in [6.07, 6.45) is 2.53. The Morgan fingerprint density at radius 1 is 1.42 bits per heavy atom. The number of nitrogens with zero attached hydrogens (tertiary/aromatic N) is 1. The van der Waals surface area contributed by atoms with E-state index in [0.29, 0.717) is 12.2 Å². The van der Waals surface area contributed by atoms with Crippen molar-refractivity contribution in [3.05, 3.63) is 58.0 Å². The van der Waals surface area contributed by atoms with Crippen LogP contribution in [0.2, 0.25) is 0 Å². The first kappa shape index (κ1) is 11.8. The fraction of sp³-hybridized carbons (Fsp3) is 0.267. The zero-order chi connectivity index (χ0) is 13.4. The molecule has 1 aromatic heterocycles. The second-order valence-electron chi connectivity index (χ2n) is 4.95. The Morgan fingerprint density at radius 2 is 2.21 bits per heavy atom. The number of hydrogen-bond donors (Lipinski definition) is 1. The van der Waals surface area contributed by atoms with Crippen LogP contribution in [-0.4, -0.2) is 10.7 Å². The molecule has 0 saturated heterocycles. The van der Waals surface area contributed by atoms with Gasteiger partial charge in [-0.15, -0.1) is 0 Å². The maximum absolute atomic E-state index is 11.9. The molecule has 0 bridgehead atoms. The molecule has 4 heteroatoms. The van der Waals surface area contributed by atoms with Gasteiger partial charge in [0.25, 0.3) is 5.56 Å². The lowest BCUT2D eigenvalue weighted by Crippen LogP contribution is -2.29. The van der Waals surface area contributed by atoms with Crippen molar-refractivity contribution in [3.8, 4) is 5.75 Å². The van der Waals surface area contributed by atoms with Crippen LogP contribution in [0.3, 0.4) is 0 Å². The molecule has 0 amide bonds. The number of rotatable bonds is 2. The Kier molecular flexibility index (Phi) is 2.78. The van der Waals surface area contributed by atoms with Crippen LogP contribution in [0.4, 0.5) is 5.69 Å². The standard InChI is InChI=1S/C15H16N2O2/c1-10-6-15(18)17(9-13(10)16)8-12-7-11-4-2-3-5-14(11)19-12/h2-6,9,12H,7-8,16H2,1H3. The number of fused-ring (bicyclic) bond motifs is 1. The third-order valence-electron chi connectivity index (χ3n) is 3.49. The van der Waals surface area contributed by atoms with Crippen LogP contribution < -0.4 is 16.0 Å².